The number of para-hydroxylation sites is 3. The molecule has 7 nitrogen and oxygen atoms in total. The van der Waals surface area contributed by atoms with Gasteiger partial charge in [-0.2, -0.15) is 0 Å². The number of nitrogens with zero attached hydrogens (tertiary/aromatic N) is 2. The molecule has 1 aliphatic carbocycles. The van der Waals surface area contributed by atoms with Gasteiger partial charge in [0.1, 0.15) is 0 Å². The fourth-order valence-corrected chi connectivity index (χ4v) is 4.89. The number of aromatic nitrogens is 1. The molecule has 0 atom stereocenters. The van der Waals surface area contributed by atoms with Crippen molar-refractivity contribution in [1.82, 2.24) is 4.98 Å². The predicted molar refractivity (Wildman–Crippen MR) is 130 cm³/mol. The molecular formula is C27H27N3O4. The van der Waals surface area contributed by atoms with Crippen LogP contribution in [0.2, 0.25) is 0 Å². The van der Waals surface area contributed by atoms with E-state index in [2.05, 4.69) is 5.32 Å². The molecule has 0 unspecified atom stereocenters. The van der Waals surface area contributed by atoms with Gasteiger partial charge in [-0.1, -0.05) is 36.8 Å². The first kappa shape index (κ1) is 22.1. The SMILES string of the molecule is O=C(COC(=O)c1c2c(nc3ccccc13)CCCCC2)Nc1ccccc1N1CCCC1=O. The van der Waals surface area contributed by atoms with Crippen LogP contribution in [0.25, 0.3) is 10.9 Å². The zero-order valence-electron chi connectivity index (χ0n) is 19.0. The molecule has 1 fully saturated rings. The molecule has 1 aromatic heterocycles. The van der Waals surface area contributed by atoms with Crippen molar-refractivity contribution in [2.45, 2.75) is 44.9 Å². The third kappa shape index (κ3) is 4.38. The Balaban J connectivity index is 1.34. The summed E-state index contributed by atoms with van der Waals surface area (Å²) in [4.78, 5) is 44.6. The second kappa shape index (κ2) is 9.63. The van der Waals surface area contributed by atoms with Crippen molar-refractivity contribution in [3.8, 4) is 0 Å². The Morgan fingerprint density at radius 3 is 2.59 bits per heavy atom. The Morgan fingerprint density at radius 1 is 0.941 bits per heavy atom. The van der Waals surface area contributed by atoms with Crippen LogP contribution < -0.4 is 10.2 Å². The number of aryl methyl sites for hydroxylation is 1. The van der Waals surface area contributed by atoms with E-state index in [1.165, 1.54) is 0 Å². The van der Waals surface area contributed by atoms with Crippen LogP contribution in [0.15, 0.2) is 48.5 Å². The average Bonchev–Trinajstić information content (AvgIpc) is 3.13. The van der Waals surface area contributed by atoms with E-state index in [9.17, 15) is 14.4 Å². The van der Waals surface area contributed by atoms with Crippen molar-refractivity contribution >= 4 is 40.1 Å². The van der Waals surface area contributed by atoms with Crippen LogP contribution in [-0.4, -0.2) is 35.9 Å². The Morgan fingerprint density at radius 2 is 1.74 bits per heavy atom. The first-order valence-electron chi connectivity index (χ1n) is 11.9. The number of anilines is 2. The predicted octanol–water partition coefficient (Wildman–Crippen LogP) is 4.43. The summed E-state index contributed by atoms with van der Waals surface area (Å²) >= 11 is 0. The summed E-state index contributed by atoms with van der Waals surface area (Å²) in [6, 6.07) is 14.8. The van der Waals surface area contributed by atoms with Crippen LogP contribution in [-0.2, 0) is 27.2 Å². The van der Waals surface area contributed by atoms with E-state index in [0.29, 0.717) is 29.9 Å². The van der Waals surface area contributed by atoms with Gasteiger partial charge in [-0.05, 0) is 55.9 Å². The highest BCUT2D eigenvalue weighted by atomic mass is 16.5. The lowest BCUT2D eigenvalue weighted by molar-refractivity contribution is -0.119. The molecule has 2 amide bonds. The lowest BCUT2D eigenvalue weighted by Gasteiger charge is -2.20. The maximum atomic E-state index is 13.2. The largest absolute Gasteiger partial charge is 0.452 e. The summed E-state index contributed by atoms with van der Waals surface area (Å²) in [6.45, 7) is 0.216. The van der Waals surface area contributed by atoms with Crippen molar-refractivity contribution in [1.29, 1.82) is 0 Å². The third-order valence-corrected chi connectivity index (χ3v) is 6.50. The van der Waals surface area contributed by atoms with Crippen LogP contribution in [0.1, 0.15) is 53.7 Å². The minimum Gasteiger partial charge on any atom is -0.452 e. The van der Waals surface area contributed by atoms with Gasteiger partial charge in [-0.25, -0.2) is 4.79 Å². The van der Waals surface area contributed by atoms with Gasteiger partial charge in [-0.3, -0.25) is 14.6 Å². The summed E-state index contributed by atoms with van der Waals surface area (Å²) in [5, 5.41) is 3.56. The van der Waals surface area contributed by atoms with Crippen LogP contribution >= 0.6 is 0 Å². The summed E-state index contributed by atoms with van der Waals surface area (Å²) in [5.74, 6) is -0.912. The third-order valence-electron chi connectivity index (χ3n) is 6.50. The number of nitrogens with one attached hydrogen (secondary N) is 1. The molecule has 7 heteroatoms. The molecule has 1 aliphatic heterocycles. The molecule has 2 aliphatic rings. The summed E-state index contributed by atoms with van der Waals surface area (Å²) in [7, 11) is 0. The molecule has 2 heterocycles. The maximum Gasteiger partial charge on any atom is 0.339 e. The number of hydrogen-bond donors (Lipinski definition) is 1. The quantitative estimate of drug-likeness (QED) is 0.452. The Labute approximate surface area is 198 Å². The van der Waals surface area contributed by atoms with E-state index < -0.39 is 18.5 Å². The molecule has 174 valence electrons. The minimum atomic E-state index is -0.505. The fourth-order valence-electron chi connectivity index (χ4n) is 4.89. The molecule has 0 spiro atoms. The van der Waals surface area contributed by atoms with E-state index in [0.717, 1.165) is 60.7 Å². The van der Waals surface area contributed by atoms with Crippen molar-refractivity contribution < 1.29 is 19.1 Å². The van der Waals surface area contributed by atoms with Crippen LogP contribution in [0.5, 0.6) is 0 Å². The van der Waals surface area contributed by atoms with Crippen molar-refractivity contribution in [2.24, 2.45) is 0 Å². The number of esters is 1. The zero-order valence-corrected chi connectivity index (χ0v) is 19.0. The summed E-state index contributed by atoms with van der Waals surface area (Å²) in [5.41, 5.74) is 4.38. The average molecular weight is 458 g/mol. The van der Waals surface area contributed by atoms with Gasteiger partial charge in [0.05, 0.1) is 22.5 Å². The second-order valence-electron chi connectivity index (χ2n) is 8.78. The van der Waals surface area contributed by atoms with Gasteiger partial charge in [0.2, 0.25) is 5.91 Å². The number of rotatable bonds is 5. The molecule has 5 rings (SSSR count). The van der Waals surface area contributed by atoms with Gasteiger partial charge in [0, 0.05) is 24.0 Å². The lowest BCUT2D eigenvalue weighted by Crippen LogP contribution is -2.27. The van der Waals surface area contributed by atoms with Gasteiger partial charge in [0.25, 0.3) is 5.91 Å². The number of amides is 2. The van der Waals surface area contributed by atoms with Gasteiger partial charge < -0.3 is 15.0 Å². The van der Waals surface area contributed by atoms with E-state index in [4.69, 9.17) is 9.72 Å². The standard InChI is InChI=1S/C27H27N3O4/c31-24(29-22-13-6-7-14-23(22)30-16-8-15-25(30)32)17-34-27(33)26-18-9-2-1-3-11-20(18)28-21-12-5-4-10-19(21)26/h4-7,10,12-14H,1-3,8-9,11,15-17H2,(H,29,31). The monoisotopic (exact) mass is 457 g/mol. The fraction of sp³-hybridized carbons (Fsp3) is 0.333. The van der Waals surface area contributed by atoms with E-state index in [-0.39, 0.29) is 5.91 Å². The van der Waals surface area contributed by atoms with Crippen molar-refractivity contribution in [3.63, 3.8) is 0 Å². The van der Waals surface area contributed by atoms with E-state index in [1.54, 1.807) is 17.0 Å². The molecule has 2 aromatic carbocycles. The molecule has 1 N–H and O–H groups in total. The Kier molecular flexibility index (Phi) is 6.25. The number of ether oxygens (including phenoxy) is 1. The first-order chi connectivity index (χ1) is 16.6. The molecule has 3 aromatic rings. The molecule has 0 bridgehead atoms. The summed E-state index contributed by atoms with van der Waals surface area (Å²) in [6.07, 6.45) is 6.07. The highest BCUT2D eigenvalue weighted by molar-refractivity contribution is 6.06. The van der Waals surface area contributed by atoms with Gasteiger partial charge in [0.15, 0.2) is 6.61 Å². The van der Waals surface area contributed by atoms with E-state index in [1.807, 2.05) is 36.4 Å². The molecule has 0 saturated carbocycles. The number of carbonyl (C=O) groups is 3. The first-order valence-corrected chi connectivity index (χ1v) is 11.9. The second-order valence-corrected chi connectivity index (χ2v) is 8.78. The lowest BCUT2D eigenvalue weighted by atomic mass is 9.97. The maximum absolute atomic E-state index is 13.2. The topological polar surface area (TPSA) is 88.6 Å². The normalized spacial score (nSPS) is 15.6. The highest BCUT2D eigenvalue weighted by Crippen LogP contribution is 2.31. The molecule has 34 heavy (non-hydrogen) atoms. The minimum absolute atomic E-state index is 0.0402. The van der Waals surface area contributed by atoms with Gasteiger partial charge in [-0.15, -0.1) is 0 Å². The van der Waals surface area contributed by atoms with Crippen LogP contribution in [0.4, 0.5) is 11.4 Å². The number of benzene rings is 2. The Bertz CT molecular complexity index is 1270. The smallest absolute Gasteiger partial charge is 0.339 e. The van der Waals surface area contributed by atoms with Gasteiger partial charge >= 0.3 is 5.97 Å². The summed E-state index contributed by atoms with van der Waals surface area (Å²) < 4.78 is 5.50. The van der Waals surface area contributed by atoms with E-state index >= 15 is 0 Å². The number of hydrogen-bond acceptors (Lipinski definition) is 5. The number of fused-ring (bicyclic) bond motifs is 2. The van der Waals surface area contributed by atoms with Crippen molar-refractivity contribution in [2.75, 3.05) is 23.4 Å². The van der Waals surface area contributed by atoms with Crippen molar-refractivity contribution in [3.05, 3.63) is 65.4 Å². The number of carbonyl (C=O) groups excluding carboxylic acids is 3. The van der Waals surface area contributed by atoms with Crippen LogP contribution in [0.3, 0.4) is 0 Å². The molecular weight excluding hydrogens is 430 g/mol. The molecule has 1 saturated heterocycles. The zero-order chi connectivity index (χ0) is 23.5. The van der Waals surface area contributed by atoms with Crippen LogP contribution in [0, 0.1) is 0 Å². The highest BCUT2D eigenvalue weighted by Gasteiger charge is 2.25. The number of pyridine rings is 1. The molecule has 0 radical (unpaired) electrons. The Hall–Kier alpha value is -3.74.